The average molecular weight is 245 g/mol. The van der Waals surface area contributed by atoms with Gasteiger partial charge in [-0.25, -0.2) is 0 Å². The number of likely N-dealkylation sites (tertiary alicyclic amines) is 1. The van der Waals surface area contributed by atoms with Gasteiger partial charge in [0, 0.05) is 25.0 Å². The molecular weight excluding hydrogens is 222 g/mol. The monoisotopic (exact) mass is 245 g/mol. The average Bonchev–Trinajstić information content (AvgIpc) is 2.89. The van der Waals surface area contributed by atoms with Gasteiger partial charge in [0.25, 0.3) is 0 Å². The molecule has 98 valence electrons. The Balaban J connectivity index is 1.64. The quantitative estimate of drug-likeness (QED) is 0.885. The van der Waals surface area contributed by atoms with Crippen molar-refractivity contribution in [2.24, 2.45) is 5.92 Å². The zero-order valence-electron chi connectivity index (χ0n) is 11.0. The van der Waals surface area contributed by atoms with Gasteiger partial charge in [-0.05, 0) is 68.9 Å². The number of piperidine rings is 1. The van der Waals surface area contributed by atoms with Gasteiger partial charge in [-0.1, -0.05) is 0 Å². The Bertz CT molecular complexity index is 359. The van der Waals surface area contributed by atoms with Crippen molar-refractivity contribution in [3.05, 3.63) is 30.1 Å². The highest BCUT2D eigenvalue weighted by Crippen LogP contribution is 2.32. The van der Waals surface area contributed by atoms with Crippen LogP contribution in [-0.2, 0) is 0 Å². The molecule has 0 spiro atoms. The van der Waals surface area contributed by atoms with E-state index in [4.69, 9.17) is 0 Å². The lowest BCUT2D eigenvalue weighted by Crippen LogP contribution is -2.38. The molecule has 3 heteroatoms. The molecule has 3 heterocycles. The lowest BCUT2D eigenvalue weighted by Gasteiger charge is -2.31. The molecule has 0 aliphatic carbocycles. The van der Waals surface area contributed by atoms with Crippen molar-refractivity contribution in [3.8, 4) is 0 Å². The normalized spacial score (nSPS) is 29.6. The summed E-state index contributed by atoms with van der Waals surface area (Å²) in [5.41, 5.74) is 1.45. The first-order chi connectivity index (χ1) is 8.93. The first kappa shape index (κ1) is 12.1. The van der Waals surface area contributed by atoms with Crippen LogP contribution in [0.3, 0.4) is 0 Å². The van der Waals surface area contributed by atoms with Crippen molar-refractivity contribution in [2.45, 2.75) is 31.7 Å². The molecule has 0 saturated carbocycles. The van der Waals surface area contributed by atoms with Gasteiger partial charge in [0.2, 0.25) is 0 Å². The number of aromatic nitrogens is 1. The SMILES string of the molecule is c1cc(C2CCCN2CC2CCCNC2)ccn1. The Morgan fingerprint density at radius 1 is 1.22 bits per heavy atom. The second-order valence-corrected chi connectivity index (χ2v) is 5.65. The smallest absolute Gasteiger partial charge is 0.0349 e. The Morgan fingerprint density at radius 2 is 2.11 bits per heavy atom. The van der Waals surface area contributed by atoms with Crippen LogP contribution in [0.2, 0.25) is 0 Å². The minimum Gasteiger partial charge on any atom is -0.316 e. The zero-order chi connectivity index (χ0) is 12.2. The molecule has 1 aromatic rings. The molecule has 2 aliphatic rings. The number of nitrogens with zero attached hydrogens (tertiary/aromatic N) is 2. The largest absolute Gasteiger partial charge is 0.316 e. The Morgan fingerprint density at radius 3 is 2.89 bits per heavy atom. The Kier molecular flexibility index (Phi) is 3.91. The predicted molar refractivity (Wildman–Crippen MR) is 73.4 cm³/mol. The maximum atomic E-state index is 4.13. The molecule has 3 nitrogen and oxygen atoms in total. The number of nitrogens with one attached hydrogen (secondary N) is 1. The van der Waals surface area contributed by atoms with Gasteiger partial charge >= 0.3 is 0 Å². The van der Waals surface area contributed by atoms with Crippen molar-refractivity contribution >= 4 is 0 Å². The van der Waals surface area contributed by atoms with E-state index in [9.17, 15) is 0 Å². The maximum Gasteiger partial charge on any atom is 0.0349 e. The van der Waals surface area contributed by atoms with Gasteiger partial charge in [-0.3, -0.25) is 9.88 Å². The zero-order valence-corrected chi connectivity index (χ0v) is 11.0. The van der Waals surface area contributed by atoms with Gasteiger partial charge in [-0.15, -0.1) is 0 Å². The van der Waals surface area contributed by atoms with Crippen LogP contribution >= 0.6 is 0 Å². The highest BCUT2D eigenvalue weighted by molar-refractivity contribution is 5.16. The first-order valence-corrected chi connectivity index (χ1v) is 7.28. The maximum absolute atomic E-state index is 4.13. The topological polar surface area (TPSA) is 28.2 Å². The summed E-state index contributed by atoms with van der Waals surface area (Å²) in [7, 11) is 0. The van der Waals surface area contributed by atoms with Crippen LogP contribution in [0.15, 0.2) is 24.5 Å². The van der Waals surface area contributed by atoms with E-state index in [1.165, 1.54) is 57.4 Å². The van der Waals surface area contributed by atoms with E-state index in [1.807, 2.05) is 12.4 Å². The molecule has 2 atom stereocenters. The summed E-state index contributed by atoms with van der Waals surface area (Å²) in [4.78, 5) is 6.82. The third-order valence-electron chi connectivity index (χ3n) is 4.35. The van der Waals surface area contributed by atoms with Crippen LogP contribution in [0.25, 0.3) is 0 Å². The molecule has 2 saturated heterocycles. The standard InChI is InChI=1S/C15H23N3/c1-3-13(11-17-7-1)12-18-10-2-4-15(18)14-5-8-16-9-6-14/h5-6,8-9,13,15,17H,1-4,7,10-12H2. The van der Waals surface area contributed by atoms with Crippen LogP contribution in [0.4, 0.5) is 0 Å². The van der Waals surface area contributed by atoms with Crippen molar-refractivity contribution in [3.63, 3.8) is 0 Å². The molecule has 18 heavy (non-hydrogen) atoms. The van der Waals surface area contributed by atoms with Crippen LogP contribution in [-0.4, -0.2) is 36.1 Å². The molecule has 0 bridgehead atoms. The first-order valence-electron chi connectivity index (χ1n) is 7.28. The summed E-state index contributed by atoms with van der Waals surface area (Å²) >= 11 is 0. The van der Waals surface area contributed by atoms with Crippen molar-refractivity contribution in [1.29, 1.82) is 0 Å². The summed E-state index contributed by atoms with van der Waals surface area (Å²) in [5.74, 6) is 0.848. The minimum atomic E-state index is 0.634. The van der Waals surface area contributed by atoms with Crippen LogP contribution < -0.4 is 5.32 Å². The van der Waals surface area contributed by atoms with E-state index in [0.29, 0.717) is 6.04 Å². The molecular formula is C15H23N3. The number of rotatable bonds is 3. The van der Waals surface area contributed by atoms with E-state index >= 15 is 0 Å². The number of pyridine rings is 1. The molecule has 0 aromatic carbocycles. The third-order valence-corrected chi connectivity index (χ3v) is 4.35. The van der Waals surface area contributed by atoms with Gasteiger partial charge < -0.3 is 5.32 Å². The Hall–Kier alpha value is -0.930. The summed E-state index contributed by atoms with van der Waals surface area (Å²) in [5, 5.41) is 3.53. The lowest BCUT2D eigenvalue weighted by molar-refractivity contribution is 0.195. The summed E-state index contributed by atoms with van der Waals surface area (Å²) in [6, 6.07) is 5.00. The molecule has 0 radical (unpaired) electrons. The molecule has 1 aromatic heterocycles. The fraction of sp³-hybridized carbons (Fsp3) is 0.667. The summed E-state index contributed by atoms with van der Waals surface area (Å²) in [6.45, 7) is 4.95. The molecule has 2 unspecified atom stereocenters. The van der Waals surface area contributed by atoms with Gasteiger partial charge in [0.15, 0.2) is 0 Å². The summed E-state index contributed by atoms with van der Waals surface area (Å²) < 4.78 is 0. The fourth-order valence-corrected chi connectivity index (χ4v) is 3.42. The van der Waals surface area contributed by atoms with E-state index in [1.54, 1.807) is 0 Å². The van der Waals surface area contributed by atoms with Crippen molar-refractivity contribution < 1.29 is 0 Å². The number of hydrogen-bond donors (Lipinski definition) is 1. The van der Waals surface area contributed by atoms with Crippen molar-refractivity contribution in [1.82, 2.24) is 15.2 Å². The highest BCUT2D eigenvalue weighted by Gasteiger charge is 2.28. The molecule has 0 amide bonds. The van der Waals surface area contributed by atoms with Gasteiger partial charge in [0.1, 0.15) is 0 Å². The molecule has 2 aliphatic heterocycles. The van der Waals surface area contributed by atoms with E-state index in [0.717, 1.165) is 5.92 Å². The molecule has 1 N–H and O–H groups in total. The highest BCUT2D eigenvalue weighted by atomic mass is 15.2. The third kappa shape index (κ3) is 2.73. The van der Waals surface area contributed by atoms with Crippen molar-refractivity contribution in [2.75, 3.05) is 26.2 Å². The molecule has 3 rings (SSSR count). The van der Waals surface area contributed by atoms with Gasteiger partial charge in [-0.2, -0.15) is 0 Å². The lowest BCUT2D eigenvalue weighted by atomic mass is 9.98. The van der Waals surface area contributed by atoms with Crippen LogP contribution in [0, 0.1) is 5.92 Å². The second kappa shape index (κ2) is 5.81. The fourth-order valence-electron chi connectivity index (χ4n) is 3.42. The van der Waals surface area contributed by atoms with Crippen LogP contribution in [0.1, 0.15) is 37.3 Å². The second-order valence-electron chi connectivity index (χ2n) is 5.65. The summed E-state index contributed by atoms with van der Waals surface area (Å²) in [6.07, 6.45) is 9.24. The van der Waals surface area contributed by atoms with E-state index in [-0.39, 0.29) is 0 Å². The Labute approximate surface area is 110 Å². The van der Waals surface area contributed by atoms with E-state index in [2.05, 4.69) is 27.3 Å². The van der Waals surface area contributed by atoms with Gasteiger partial charge in [0.05, 0.1) is 0 Å². The minimum absolute atomic E-state index is 0.634. The molecule has 2 fully saturated rings. The number of hydrogen-bond acceptors (Lipinski definition) is 3. The predicted octanol–water partition coefficient (Wildman–Crippen LogP) is 2.22. The van der Waals surface area contributed by atoms with Crippen LogP contribution in [0.5, 0.6) is 0 Å². The van der Waals surface area contributed by atoms with E-state index < -0.39 is 0 Å².